The lowest BCUT2D eigenvalue weighted by molar-refractivity contribution is 0.0951. The van der Waals surface area contributed by atoms with Crippen LogP contribution in [0.25, 0.3) is 11.5 Å². The summed E-state index contributed by atoms with van der Waals surface area (Å²) in [6, 6.07) is 1.99. The second-order valence-corrected chi connectivity index (χ2v) is 9.74. The van der Waals surface area contributed by atoms with Crippen LogP contribution in [-0.2, 0) is 17.0 Å². The number of nitrogens with zero attached hydrogens (tertiary/aromatic N) is 6. The van der Waals surface area contributed by atoms with Gasteiger partial charge in [-0.25, -0.2) is 0 Å². The Morgan fingerprint density at radius 1 is 1.23 bits per heavy atom. The summed E-state index contributed by atoms with van der Waals surface area (Å²) < 4.78 is 13.5. The highest BCUT2D eigenvalue weighted by molar-refractivity contribution is 7.98. The fraction of sp³-hybridized carbons (Fsp3) is 0.600. The molecule has 0 saturated carbocycles. The van der Waals surface area contributed by atoms with Gasteiger partial charge < -0.3 is 14.2 Å². The Bertz CT molecular complexity index is 943. The van der Waals surface area contributed by atoms with Crippen molar-refractivity contribution in [3.8, 4) is 11.5 Å². The van der Waals surface area contributed by atoms with Crippen molar-refractivity contribution in [1.82, 2.24) is 24.9 Å². The molecule has 0 N–H and O–H groups in total. The van der Waals surface area contributed by atoms with Gasteiger partial charge in [-0.3, -0.25) is 4.57 Å². The highest BCUT2D eigenvalue weighted by Crippen LogP contribution is 2.29. The molecule has 160 valence electrons. The van der Waals surface area contributed by atoms with Crippen LogP contribution in [0.5, 0.6) is 0 Å². The molecule has 0 spiro atoms. The fourth-order valence-electron chi connectivity index (χ4n) is 3.93. The van der Waals surface area contributed by atoms with Gasteiger partial charge in [-0.05, 0) is 43.0 Å². The van der Waals surface area contributed by atoms with Crippen LogP contribution in [-0.4, -0.2) is 50.7 Å². The first kappa shape index (κ1) is 20.0. The molecular weight excluding hydrogens is 420 g/mol. The lowest BCUT2D eigenvalue weighted by Crippen LogP contribution is -2.35. The van der Waals surface area contributed by atoms with Gasteiger partial charge in [0.1, 0.15) is 0 Å². The Labute approximate surface area is 184 Å². The molecule has 0 amide bonds. The molecule has 1 atom stereocenters. The number of hydrogen-bond acceptors (Lipinski definition) is 9. The molecule has 8 nitrogen and oxygen atoms in total. The van der Waals surface area contributed by atoms with Crippen LogP contribution in [0.4, 0.5) is 5.95 Å². The number of thioether (sulfide) groups is 1. The average Bonchev–Trinajstić information content (AvgIpc) is 3.55. The van der Waals surface area contributed by atoms with Crippen molar-refractivity contribution in [2.75, 3.05) is 24.6 Å². The molecule has 0 bridgehead atoms. The van der Waals surface area contributed by atoms with Gasteiger partial charge in [0.2, 0.25) is 5.95 Å². The number of thiophene rings is 1. The molecular formula is C20H26N6O2S2. The average molecular weight is 447 g/mol. The predicted octanol–water partition coefficient (Wildman–Crippen LogP) is 4.10. The summed E-state index contributed by atoms with van der Waals surface area (Å²) in [5.41, 5.74) is 0.965. The highest BCUT2D eigenvalue weighted by Gasteiger charge is 2.26. The summed E-state index contributed by atoms with van der Waals surface area (Å²) in [6.07, 6.45) is 4.85. The van der Waals surface area contributed by atoms with E-state index in [0.717, 1.165) is 61.7 Å². The SMILES string of the molecule is CC1CCN(c2nnc(SCc3noc(-c4ccsc4)n3)n2CC2CCCO2)CC1. The van der Waals surface area contributed by atoms with E-state index in [9.17, 15) is 0 Å². The number of ether oxygens (including phenoxy) is 1. The van der Waals surface area contributed by atoms with Crippen molar-refractivity contribution in [3.63, 3.8) is 0 Å². The van der Waals surface area contributed by atoms with E-state index in [-0.39, 0.29) is 6.10 Å². The van der Waals surface area contributed by atoms with Gasteiger partial charge in [-0.2, -0.15) is 16.3 Å². The zero-order valence-electron chi connectivity index (χ0n) is 17.1. The summed E-state index contributed by atoms with van der Waals surface area (Å²) in [6.45, 7) is 6.03. The summed E-state index contributed by atoms with van der Waals surface area (Å²) in [7, 11) is 0. The monoisotopic (exact) mass is 446 g/mol. The topological polar surface area (TPSA) is 82.1 Å². The lowest BCUT2D eigenvalue weighted by Gasteiger charge is -2.31. The van der Waals surface area contributed by atoms with Crippen molar-refractivity contribution >= 4 is 29.0 Å². The Morgan fingerprint density at radius 3 is 2.90 bits per heavy atom. The largest absolute Gasteiger partial charge is 0.376 e. The molecule has 0 aromatic carbocycles. The van der Waals surface area contributed by atoms with Crippen LogP contribution in [0.3, 0.4) is 0 Å². The molecule has 0 aliphatic carbocycles. The van der Waals surface area contributed by atoms with E-state index >= 15 is 0 Å². The van der Waals surface area contributed by atoms with Crippen molar-refractivity contribution in [2.45, 2.75) is 56.2 Å². The quantitative estimate of drug-likeness (QED) is 0.502. The van der Waals surface area contributed by atoms with E-state index in [2.05, 4.69) is 36.7 Å². The number of hydrogen-bond donors (Lipinski definition) is 0. The molecule has 10 heteroatoms. The number of aromatic nitrogens is 5. The van der Waals surface area contributed by atoms with Gasteiger partial charge in [-0.1, -0.05) is 23.8 Å². The molecule has 2 aliphatic rings. The van der Waals surface area contributed by atoms with E-state index < -0.39 is 0 Å². The van der Waals surface area contributed by atoms with Crippen LogP contribution >= 0.6 is 23.1 Å². The third kappa shape index (κ3) is 4.40. The second-order valence-electron chi connectivity index (χ2n) is 8.01. The molecule has 2 fully saturated rings. The zero-order valence-corrected chi connectivity index (χ0v) is 18.7. The summed E-state index contributed by atoms with van der Waals surface area (Å²) in [5.74, 6) is 3.57. The van der Waals surface area contributed by atoms with Crippen LogP contribution in [0.2, 0.25) is 0 Å². The lowest BCUT2D eigenvalue weighted by atomic mass is 10.00. The maximum Gasteiger partial charge on any atom is 0.258 e. The molecule has 3 aromatic heterocycles. The maximum absolute atomic E-state index is 5.91. The van der Waals surface area contributed by atoms with Crippen LogP contribution in [0.1, 0.15) is 38.4 Å². The number of piperidine rings is 1. The predicted molar refractivity (Wildman–Crippen MR) is 117 cm³/mol. The van der Waals surface area contributed by atoms with Gasteiger partial charge in [0.05, 0.1) is 24.0 Å². The smallest absolute Gasteiger partial charge is 0.258 e. The summed E-state index contributed by atoms with van der Waals surface area (Å²) in [5, 5.41) is 18.1. The molecule has 1 unspecified atom stereocenters. The zero-order chi connectivity index (χ0) is 20.3. The first-order valence-corrected chi connectivity index (χ1v) is 12.5. The Morgan fingerprint density at radius 2 is 2.13 bits per heavy atom. The molecule has 2 aliphatic heterocycles. The Hall–Kier alpha value is -1.91. The Balaban J connectivity index is 1.32. The van der Waals surface area contributed by atoms with Gasteiger partial charge >= 0.3 is 0 Å². The van der Waals surface area contributed by atoms with E-state index in [1.165, 1.54) is 12.8 Å². The van der Waals surface area contributed by atoms with E-state index in [1.54, 1.807) is 23.1 Å². The van der Waals surface area contributed by atoms with Crippen LogP contribution < -0.4 is 4.90 Å². The summed E-state index contributed by atoms with van der Waals surface area (Å²) >= 11 is 3.22. The molecule has 0 radical (unpaired) electrons. The molecule has 2 saturated heterocycles. The maximum atomic E-state index is 5.91. The van der Waals surface area contributed by atoms with Crippen molar-refractivity contribution < 1.29 is 9.26 Å². The molecule has 30 heavy (non-hydrogen) atoms. The number of rotatable bonds is 7. The van der Waals surface area contributed by atoms with E-state index in [1.807, 2.05) is 16.8 Å². The second kappa shape index (κ2) is 9.07. The minimum atomic E-state index is 0.234. The minimum Gasteiger partial charge on any atom is -0.376 e. The summed E-state index contributed by atoms with van der Waals surface area (Å²) in [4.78, 5) is 6.89. The highest BCUT2D eigenvalue weighted by atomic mass is 32.2. The molecule has 5 rings (SSSR count). The van der Waals surface area contributed by atoms with Gasteiger partial charge in [0.25, 0.3) is 5.89 Å². The first-order valence-electron chi connectivity index (χ1n) is 10.5. The van der Waals surface area contributed by atoms with Crippen LogP contribution in [0.15, 0.2) is 26.5 Å². The fourth-order valence-corrected chi connectivity index (χ4v) is 5.34. The molecule has 5 heterocycles. The normalized spacial score (nSPS) is 20.3. The van der Waals surface area contributed by atoms with Gasteiger partial charge in [0, 0.05) is 25.1 Å². The van der Waals surface area contributed by atoms with Crippen molar-refractivity contribution in [1.29, 1.82) is 0 Å². The third-order valence-electron chi connectivity index (χ3n) is 5.74. The van der Waals surface area contributed by atoms with E-state index in [0.29, 0.717) is 17.5 Å². The standard InChI is InChI=1S/C20H26N6O2S2/c1-14-4-7-25(8-5-14)19-22-23-20(26(19)11-16-3-2-9-27-16)30-13-17-21-18(28-24-17)15-6-10-29-12-15/h6,10,12,14,16H,2-5,7-9,11,13H2,1H3. The number of anilines is 1. The molecule has 3 aromatic rings. The van der Waals surface area contributed by atoms with Crippen LogP contribution in [0, 0.1) is 5.92 Å². The van der Waals surface area contributed by atoms with Crippen molar-refractivity contribution in [2.24, 2.45) is 5.92 Å². The third-order valence-corrected chi connectivity index (χ3v) is 7.39. The minimum absolute atomic E-state index is 0.234. The van der Waals surface area contributed by atoms with Gasteiger partial charge in [0.15, 0.2) is 11.0 Å². The van der Waals surface area contributed by atoms with Gasteiger partial charge in [-0.15, -0.1) is 10.2 Å². The first-order chi connectivity index (χ1) is 14.8. The van der Waals surface area contributed by atoms with E-state index in [4.69, 9.17) is 9.26 Å². The van der Waals surface area contributed by atoms with Crippen molar-refractivity contribution in [3.05, 3.63) is 22.7 Å². The Kier molecular flexibility index (Phi) is 6.05.